The van der Waals surface area contributed by atoms with Crippen molar-refractivity contribution in [3.05, 3.63) is 51.1 Å². The second kappa shape index (κ2) is 7.78. The van der Waals surface area contributed by atoms with E-state index in [1.54, 1.807) is 29.5 Å². The summed E-state index contributed by atoms with van der Waals surface area (Å²) in [7, 11) is 0. The molecule has 0 spiro atoms. The number of thiazole rings is 1. The molecular formula is C21H17N5O2S. The smallest absolute Gasteiger partial charge is 0.161 e. The van der Waals surface area contributed by atoms with Crippen molar-refractivity contribution in [2.45, 2.75) is 19.8 Å². The quantitative estimate of drug-likeness (QED) is 0.709. The van der Waals surface area contributed by atoms with Crippen molar-refractivity contribution in [3.8, 4) is 34.8 Å². The maximum atomic E-state index is 9.90. The molecule has 0 bridgehead atoms. The number of benzene rings is 1. The summed E-state index contributed by atoms with van der Waals surface area (Å²) in [4.78, 5) is 8.82. The van der Waals surface area contributed by atoms with Gasteiger partial charge < -0.3 is 15.2 Å². The Bertz CT molecular complexity index is 1170. The van der Waals surface area contributed by atoms with Gasteiger partial charge in [0.1, 0.15) is 36.7 Å². The van der Waals surface area contributed by atoms with Gasteiger partial charge in [0, 0.05) is 10.9 Å². The number of ether oxygens (including phenoxy) is 2. The number of hydrogen-bond acceptors (Lipinski definition) is 8. The molecule has 0 atom stereocenters. The topological polar surface area (TPSA) is 118 Å². The Labute approximate surface area is 172 Å². The van der Waals surface area contributed by atoms with E-state index < -0.39 is 0 Å². The highest BCUT2D eigenvalue weighted by molar-refractivity contribution is 7.09. The minimum Gasteiger partial charge on any atom is -0.486 e. The molecule has 0 radical (unpaired) electrons. The van der Waals surface area contributed by atoms with Crippen LogP contribution in [0.4, 0.5) is 5.82 Å². The standard InChI is InChI=1S/C21H17N5O2S/c1-12-25-14(11-29-12)3-4-17-15(9-22)20(16(10-23)21(24)26-17)13-2-5-18-19(8-13)28-7-6-27-18/h2,5,8,11H,3-4,6-7H2,1H3,(H2,24,26). The monoisotopic (exact) mass is 403 g/mol. The predicted octanol–water partition coefficient (Wildman–Crippen LogP) is 3.40. The van der Waals surface area contributed by atoms with E-state index in [9.17, 15) is 10.5 Å². The van der Waals surface area contributed by atoms with Gasteiger partial charge in [0.15, 0.2) is 11.5 Å². The van der Waals surface area contributed by atoms with Crippen LogP contribution in [0.1, 0.15) is 27.5 Å². The number of nitriles is 2. The van der Waals surface area contributed by atoms with Crippen LogP contribution in [0, 0.1) is 29.6 Å². The fourth-order valence-electron chi connectivity index (χ4n) is 3.33. The van der Waals surface area contributed by atoms with Crippen LogP contribution in [0.15, 0.2) is 23.6 Å². The molecule has 0 unspecified atom stereocenters. The van der Waals surface area contributed by atoms with E-state index in [4.69, 9.17) is 15.2 Å². The molecule has 8 heteroatoms. The molecule has 2 aromatic heterocycles. The molecule has 0 amide bonds. The molecule has 0 aliphatic carbocycles. The minimum absolute atomic E-state index is 0.112. The average molecular weight is 403 g/mol. The highest BCUT2D eigenvalue weighted by Crippen LogP contribution is 2.38. The zero-order chi connectivity index (χ0) is 20.4. The molecule has 29 heavy (non-hydrogen) atoms. The van der Waals surface area contributed by atoms with E-state index in [0.717, 1.165) is 10.7 Å². The number of anilines is 1. The van der Waals surface area contributed by atoms with Gasteiger partial charge in [-0.15, -0.1) is 11.3 Å². The van der Waals surface area contributed by atoms with Crippen LogP contribution < -0.4 is 15.2 Å². The molecule has 0 fully saturated rings. The lowest BCUT2D eigenvalue weighted by Gasteiger charge is -2.20. The fraction of sp³-hybridized carbons (Fsp3) is 0.238. The van der Waals surface area contributed by atoms with Crippen LogP contribution in [0.25, 0.3) is 11.1 Å². The Morgan fingerprint density at radius 1 is 1.07 bits per heavy atom. The zero-order valence-corrected chi connectivity index (χ0v) is 16.5. The van der Waals surface area contributed by atoms with E-state index in [-0.39, 0.29) is 11.4 Å². The Hall–Kier alpha value is -3.62. The number of nitrogens with two attached hydrogens (primary N) is 1. The predicted molar refractivity (Wildman–Crippen MR) is 109 cm³/mol. The SMILES string of the molecule is Cc1nc(CCc2nc(N)c(C#N)c(-c3ccc4c(c3)OCCO4)c2C#N)cs1. The number of aryl methyl sites for hydroxylation is 3. The van der Waals surface area contributed by atoms with E-state index >= 15 is 0 Å². The molecule has 144 valence electrons. The maximum Gasteiger partial charge on any atom is 0.161 e. The molecule has 4 rings (SSSR count). The third kappa shape index (κ3) is 3.58. The van der Waals surface area contributed by atoms with Gasteiger partial charge in [-0.3, -0.25) is 0 Å². The Morgan fingerprint density at radius 2 is 1.83 bits per heavy atom. The third-order valence-corrected chi connectivity index (χ3v) is 5.46. The fourth-order valence-corrected chi connectivity index (χ4v) is 3.97. The average Bonchev–Trinajstić information content (AvgIpc) is 3.16. The first-order valence-corrected chi connectivity index (χ1v) is 9.92. The van der Waals surface area contributed by atoms with Crippen molar-refractivity contribution in [3.63, 3.8) is 0 Å². The van der Waals surface area contributed by atoms with Gasteiger partial charge in [0.05, 0.1) is 22.0 Å². The van der Waals surface area contributed by atoms with Crippen LogP contribution >= 0.6 is 11.3 Å². The molecule has 3 aromatic rings. The van der Waals surface area contributed by atoms with Gasteiger partial charge in [0.2, 0.25) is 0 Å². The lowest BCUT2D eigenvalue weighted by molar-refractivity contribution is 0.171. The van der Waals surface area contributed by atoms with Crippen LogP contribution in [0.5, 0.6) is 11.5 Å². The van der Waals surface area contributed by atoms with Crippen molar-refractivity contribution in [1.82, 2.24) is 9.97 Å². The first-order valence-electron chi connectivity index (χ1n) is 9.04. The summed E-state index contributed by atoms with van der Waals surface area (Å²) in [5.41, 5.74) is 9.27. The number of rotatable bonds is 4. The molecule has 1 aromatic carbocycles. The number of nitrogen functional groups attached to an aromatic ring is 1. The van der Waals surface area contributed by atoms with Crippen molar-refractivity contribution in [2.75, 3.05) is 18.9 Å². The summed E-state index contributed by atoms with van der Waals surface area (Å²) in [6, 6.07) is 9.68. The molecule has 2 N–H and O–H groups in total. The molecular weight excluding hydrogens is 386 g/mol. The third-order valence-electron chi connectivity index (χ3n) is 4.64. The van der Waals surface area contributed by atoms with Gasteiger partial charge in [0.25, 0.3) is 0 Å². The lowest BCUT2D eigenvalue weighted by Crippen LogP contribution is -2.15. The highest BCUT2D eigenvalue weighted by atomic mass is 32.1. The second-order valence-corrected chi connectivity index (χ2v) is 7.57. The molecule has 3 heterocycles. The summed E-state index contributed by atoms with van der Waals surface area (Å²) in [5, 5.41) is 22.6. The number of nitrogens with zero attached hydrogens (tertiary/aromatic N) is 4. The molecule has 1 aliphatic rings. The maximum absolute atomic E-state index is 9.90. The summed E-state index contributed by atoms with van der Waals surface area (Å²) in [6.45, 7) is 2.89. The second-order valence-electron chi connectivity index (χ2n) is 6.51. The Balaban J connectivity index is 1.80. The van der Waals surface area contributed by atoms with E-state index in [1.165, 1.54) is 0 Å². The van der Waals surface area contributed by atoms with E-state index in [0.29, 0.717) is 59.9 Å². The van der Waals surface area contributed by atoms with Crippen molar-refractivity contribution in [1.29, 1.82) is 10.5 Å². The molecule has 0 saturated heterocycles. The largest absolute Gasteiger partial charge is 0.486 e. The van der Waals surface area contributed by atoms with E-state index in [1.807, 2.05) is 12.3 Å². The highest BCUT2D eigenvalue weighted by Gasteiger charge is 2.22. The number of aromatic nitrogens is 2. The van der Waals surface area contributed by atoms with Crippen molar-refractivity contribution in [2.24, 2.45) is 0 Å². The lowest BCUT2D eigenvalue weighted by atomic mass is 9.93. The Morgan fingerprint density at radius 3 is 2.52 bits per heavy atom. The van der Waals surface area contributed by atoms with Crippen LogP contribution in [0.2, 0.25) is 0 Å². The van der Waals surface area contributed by atoms with Crippen molar-refractivity contribution < 1.29 is 9.47 Å². The first-order chi connectivity index (χ1) is 14.1. The summed E-state index contributed by atoms with van der Waals surface area (Å²) in [5.74, 6) is 1.33. The molecule has 0 saturated carbocycles. The van der Waals surface area contributed by atoms with Gasteiger partial charge in [-0.25, -0.2) is 9.97 Å². The number of pyridine rings is 1. The van der Waals surface area contributed by atoms with Crippen LogP contribution in [0.3, 0.4) is 0 Å². The van der Waals surface area contributed by atoms with Gasteiger partial charge >= 0.3 is 0 Å². The number of fused-ring (bicyclic) bond motifs is 1. The first kappa shape index (κ1) is 18.7. The van der Waals surface area contributed by atoms with Crippen molar-refractivity contribution >= 4 is 17.2 Å². The summed E-state index contributed by atoms with van der Waals surface area (Å²) < 4.78 is 11.2. The minimum atomic E-state index is 0.112. The summed E-state index contributed by atoms with van der Waals surface area (Å²) >= 11 is 1.58. The zero-order valence-electron chi connectivity index (χ0n) is 15.7. The van der Waals surface area contributed by atoms with Gasteiger partial charge in [-0.1, -0.05) is 6.07 Å². The van der Waals surface area contributed by atoms with Gasteiger partial charge in [-0.2, -0.15) is 10.5 Å². The van der Waals surface area contributed by atoms with E-state index in [2.05, 4.69) is 22.1 Å². The number of hydrogen-bond donors (Lipinski definition) is 1. The molecule has 1 aliphatic heterocycles. The van der Waals surface area contributed by atoms with Crippen LogP contribution in [-0.2, 0) is 12.8 Å². The normalized spacial score (nSPS) is 12.2. The summed E-state index contributed by atoms with van der Waals surface area (Å²) in [6.07, 6.45) is 1.14. The molecule has 7 nitrogen and oxygen atoms in total. The Kier molecular flexibility index (Phi) is 5.03. The van der Waals surface area contributed by atoms with Crippen LogP contribution in [-0.4, -0.2) is 23.2 Å². The van der Waals surface area contributed by atoms with Gasteiger partial charge in [-0.05, 0) is 37.5 Å².